The summed E-state index contributed by atoms with van der Waals surface area (Å²) in [5.74, 6) is 0. The van der Waals surface area contributed by atoms with E-state index in [0.29, 0.717) is 0 Å². The van der Waals surface area contributed by atoms with Crippen molar-refractivity contribution in [3.8, 4) is 0 Å². The van der Waals surface area contributed by atoms with E-state index in [1.54, 1.807) is 0 Å². The Labute approximate surface area is 201 Å². The summed E-state index contributed by atoms with van der Waals surface area (Å²) in [4.78, 5) is 0. The standard InChI is InChI=1S/C34H20O/c1-3-19-7-9-23-13-17-27(25-15-11-21(5-1)29(19)31(23)25)33-34(35-33)28-18-14-24-10-8-20-4-2-6-22-12-16-26(28)32(24)30(20)22/h1-18,33-34H/t33-,34-/m0/s1. The van der Waals surface area contributed by atoms with Crippen LogP contribution in [-0.4, -0.2) is 0 Å². The maximum Gasteiger partial charge on any atom is 0.114 e. The lowest BCUT2D eigenvalue weighted by Crippen LogP contribution is -1.92. The average molecular weight is 445 g/mol. The molecule has 1 heteroatoms. The minimum absolute atomic E-state index is 0.0815. The van der Waals surface area contributed by atoms with E-state index >= 15 is 0 Å². The molecule has 8 aromatic carbocycles. The molecule has 9 rings (SSSR count). The average Bonchev–Trinajstić information content (AvgIpc) is 3.71. The Kier molecular flexibility index (Phi) is 3.25. The predicted molar refractivity (Wildman–Crippen MR) is 147 cm³/mol. The third kappa shape index (κ3) is 2.31. The summed E-state index contributed by atoms with van der Waals surface area (Å²) < 4.78 is 6.47. The van der Waals surface area contributed by atoms with Crippen LogP contribution in [0.2, 0.25) is 0 Å². The molecule has 1 aliphatic rings. The van der Waals surface area contributed by atoms with Crippen molar-refractivity contribution >= 4 is 64.6 Å². The first-order chi connectivity index (χ1) is 17.3. The second kappa shape index (κ2) is 6.27. The van der Waals surface area contributed by atoms with Crippen LogP contribution in [0, 0.1) is 0 Å². The van der Waals surface area contributed by atoms with Crippen molar-refractivity contribution in [2.45, 2.75) is 12.2 Å². The van der Waals surface area contributed by atoms with Crippen molar-refractivity contribution in [3.63, 3.8) is 0 Å². The number of benzene rings is 8. The fourth-order valence-electron chi connectivity index (χ4n) is 6.60. The Morgan fingerprint density at radius 1 is 0.343 bits per heavy atom. The van der Waals surface area contributed by atoms with Gasteiger partial charge < -0.3 is 4.74 Å². The fourth-order valence-corrected chi connectivity index (χ4v) is 6.60. The van der Waals surface area contributed by atoms with Crippen molar-refractivity contribution in [2.75, 3.05) is 0 Å². The number of rotatable bonds is 2. The van der Waals surface area contributed by atoms with Gasteiger partial charge in [-0.25, -0.2) is 0 Å². The highest BCUT2D eigenvalue weighted by Crippen LogP contribution is 2.55. The van der Waals surface area contributed by atoms with Gasteiger partial charge in [0, 0.05) is 0 Å². The van der Waals surface area contributed by atoms with Crippen LogP contribution < -0.4 is 0 Å². The summed E-state index contributed by atoms with van der Waals surface area (Å²) in [5, 5.41) is 15.9. The van der Waals surface area contributed by atoms with E-state index in [2.05, 4.69) is 109 Å². The van der Waals surface area contributed by atoms with Crippen molar-refractivity contribution in [1.82, 2.24) is 0 Å². The molecule has 1 saturated heterocycles. The quantitative estimate of drug-likeness (QED) is 0.191. The Bertz CT molecular complexity index is 1920. The van der Waals surface area contributed by atoms with Crippen molar-refractivity contribution in [2.24, 2.45) is 0 Å². The molecule has 0 unspecified atom stereocenters. The fraction of sp³-hybridized carbons (Fsp3) is 0.0588. The molecule has 35 heavy (non-hydrogen) atoms. The van der Waals surface area contributed by atoms with E-state index in [1.807, 2.05) is 0 Å². The first-order valence-electron chi connectivity index (χ1n) is 12.3. The van der Waals surface area contributed by atoms with E-state index in [9.17, 15) is 0 Å². The molecule has 8 aromatic rings. The molecular weight excluding hydrogens is 424 g/mol. The maximum atomic E-state index is 6.47. The Balaban J connectivity index is 1.25. The predicted octanol–water partition coefficient (Wildman–Crippen LogP) is 9.29. The number of hydrogen-bond acceptors (Lipinski definition) is 1. The van der Waals surface area contributed by atoms with Gasteiger partial charge in [0.1, 0.15) is 12.2 Å². The molecule has 1 nitrogen and oxygen atoms in total. The normalized spacial score (nSPS) is 18.2. The highest BCUT2D eigenvalue weighted by atomic mass is 16.6. The Morgan fingerprint density at radius 3 is 1.11 bits per heavy atom. The minimum Gasteiger partial charge on any atom is -0.359 e. The number of hydrogen-bond donors (Lipinski definition) is 0. The summed E-state index contributed by atoms with van der Waals surface area (Å²) in [6.07, 6.45) is 0.163. The molecule has 0 N–H and O–H groups in total. The Hall–Kier alpha value is -4.20. The lowest BCUT2D eigenvalue weighted by atomic mass is 9.88. The molecule has 0 saturated carbocycles. The van der Waals surface area contributed by atoms with Crippen LogP contribution in [0.3, 0.4) is 0 Å². The highest BCUT2D eigenvalue weighted by Gasteiger charge is 2.43. The van der Waals surface area contributed by atoms with Crippen LogP contribution in [-0.2, 0) is 4.74 Å². The SMILES string of the molecule is c1cc2ccc3ccc([C@@H]4O[C@H]4c4ccc5ccc6cccc7ccc4c5c67)c4ccc(c1)c2c34. The lowest BCUT2D eigenvalue weighted by Gasteiger charge is -2.14. The summed E-state index contributed by atoms with van der Waals surface area (Å²) in [6.45, 7) is 0. The first-order valence-corrected chi connectivity index (χ1v) is 12.3. The van der Waals surface area contributed by atoms with Gasteiger partial charge in [0.25, 0.3) is 0 Å². The highest BCUT2D eigenvalue weighted by molar-refractivity contribution is 6.24. The molecule has 0 spiro atoms. The molecule has 0 bridgehead atoms. The number of epoxide rings is 1. The third-order valence-electron chi connectivity index (χ3n) is 8.23. The molecule has 1 heterocycles. The molecule has 0 amide bonds. The first kappa shape index (κ1) is 18.2. The van der Waals surface area contributed by atoms with Crippen LogP contribution in [0.5, 0.6) is 0 Å². The summed E-state index contributed by atoms with van der Waals surface area (Å²) in [7, 11) is 0. The molecule has 1 fully saturated rings. The summed E-state index contributed by atoms with van der Waals surface area (Å²) in [5.41, 5.74) is 2.60. The minimum atomic E-state index is 0.0815. The smallest absolute Gasteiger partial charge is 0.114 e. The zero-order chi connectivity index (χ0) is 22.7. The molecule has 0 aromatic heterocycles. The second-order valence-corrected chi connectivity index (χ2v) is 10.00. The van der Waals surface area contributed by atoms with Gasteiger partial charge in [-0.3, -0.25) is 0 Å². The molecular formula is C34H20O. The third-order valence-corrected chi connectivity index (χ3v) is 8.23. The van der Waals surface area contributed by atoms with Crippen LogP contribution in [0.25, 0.3) is 64.6 Å². The Morgan fingerprint density at radius 2 is 0.686 bits per heavy atom. The summed E-state index contributed by atoms with van der Waals surface area (Å²) >= 11 is 0. The van der Waals surface area contributed by atoms with Gasteiger partial charge in [0.15, 0.2) is 0 Å². The summed E-state index contributed by atoms with van der Waals surface area (Å²) in [6, 6.07) is 40.4. The molecule has 0 radical (unpaired) electrons. The van der Waals surface area contributed by atoms with Gasteiger partial charge in [-0.05, 0) is 75.8 Å². The largest absolute Gasteiger partial charge is 0.359 e. The number of ether oxygens (including phenoxy) is 1. The molecule has 1 aliphatic heterocycles. The lowest BCUT2D eigenvalue weighted by molar-refractivity contribution is 0.379. The zero-order valence-electron chi connectivity index (χ0n) is 19.0. The van der Waals surface area contributed by atoms with Gasteiger partial charge in [0.2, 0.25) is 0 Å². The topological polar surface area (TPSA) is 12.5 Å². The van der Waals surface area contributed by atoms with Crippen LogP contribution in [0.4, 0.5) is 0 Å². The van der Waals surface area contributed by atoms with Gasteiger partial charge in [-0.1, -0.05) is 109 Å². The molecule has 162 valence electrons. The van der Waals surface area contributed by atoms with Gasteiger partial charge in [0.05, 0.1) is 0 Å². The van der Waals surface area contributed by atoms with E-state index in [4.69, 9.17) is 4.74 Å². The van der Waals surface area contributed by atoms with E-state index in [1.165, 1.54) is 75.8 Å². The monoisotopic (exact) mass is 444 g/mol. The van der Waals surface area contributed by atoms with Crippen molar-refractivity contribution in [1.29, 1.82) is 0 Å². The molecule has 2 atom stereocenters. The van der Waals surface area contributed by atoms with Gasteiger partial charge in [-0.2, -0.15) is 0 Å². The van der Waals surface area contributed by atoms with Gasteiger partial charge >= 0.3 is 0 Å². The van der Waals surface area contributed by atoms with Crippen LogP contribution >= 0.6 is 0 Å². The van der Waals surface area contributed by atoms with Crippen molar-refractivity contribution in [3.05, 3.63) is 120 Å². The van der Waals surface area contributed by atoms with E-state index in [0.717, 1.165) is 0 Å². The van der Waals surface area contributed by atoms with Crippen LogP contribution in [0.15, 0.2) is 109 Å². The van der Waals surface area contributed by atoms with E-state index < -0.39 is 0 Å². The van der Waals surface area contributed by atoms with E-state index in [-0.39, 0.29) is 12.2 Å². The van der Waals surface area contributed by atoms with Crippen molar-refractivity contribution < 1.29 is 4.74 Å². The van der Waals surface area contributed by atoms with Gasteiger partial charge in [-0.15, -0.1) is 0 Å². The second-order valence-electron chi connectivity index (χ2n) is 10.00. The zero-order valence-corrected chi connectivity index (χ0v) is 19.0. The van der Waals surface area contributed by atoms with Crippen LogP contribution in [0.1, 0.15) is 23.3 Å². The maximum absolute atomic E-state index is 6.47. The molecule has 0 aliphatic carbocycles.